The molecule has 0 spiro atoms. The summed E-state index contributed by atoms with van der Waals surface area (Å²) in [5.41, 5.74) is 5.00. The van der Waals surface area contributed by atoms with Crippen LogP contribution in [0.5, 0.6) is 5.75 Å². The van der Waals surface area contributed by atoms with Gasteiger partial charge in [0.1, 0.15) is 5.82 Å². The predicted molar refractivity (Wildman–Crippen MR) is 54.9 cm³/mol. The van der Waals surface area contributed by atoms with E-state index < -0.39 is 23.2 Å². The maximum Gasteiger partial charge on any atom is 0.172 e. The van der Waals surface area contributed by atoms with E-state index in [0.717, 1.165) is 7.11 Å². The fourth-order valence-electron chi connectivity index (χ4n) is 1.48. The summed E-state index contributed by atoms with van der Waals surface area (Å²) in [6.07, 6.45) is 0. The third-order valence-corrected chi connectivity index (χ3v) is 2.20. The van der Waals surface area contributed by atoms with Crippen molar-refractivity contribution in [2.75, 3.05) is 12.8 Å². The van der Waals surface area contributed by atoms with Gasteiger partial charge in [0.15, 0.2) is 23.2 Å². The third kappa shape index (κ3) is 1.79. The Labute approximate surface area is 94.2 Å². The van der Waals surface area contributed by atoms with Gasteiger partial charge in [0.05, 0.1) is 18.4 Å². The first kappa shape index (κ1) is 11.3. The van der Waals surface area contributed by atoms with Gasteiger partial charge >= 0.3 is 0 Å². The first-order chi connectivity index (χ1) is 8.04. The number of methoxy groups -OCH3 is 1. The van der Waals surface area contributed by atoms with Crippen LogP contribution in [0.3, 0.4) is 0 Å². The van der Waals surface area contributed by atoms with Crippen molar-refractivity contribution in [3.8, 4) is 17.0 Å². The highest BCUT2D eigenvalue weighted by Gasteiger charge is 2.22. The van der Waals surface area contributed by atoms with E-state index in [1.807, 2.05) is 0 Å². The zero-order valence-electron chi connectivity index (χ0n) is 8.72. The molecule has 0 bridgehead atoms. The van der Waals surface area contributed by atoms with E-state index >= 15 is 0 Å². The Morgan fingerprint density at radius 3 is 2.47 bits per heavy atom. The number of aromatic amines is 1. The molecule has 1 aromatic carbocycles. The molecule has 0 amide bonds. The Kier molecular flexibility index (Phi) is 2.66. The number of nitrogens with two attached hydrogens (primary N) is 1. The molecule has 1 aromatic heterocycles. The van der Waals surface area contributed by atoms with Gasteiger partial charge in [-0.25, -0.2) is 13.2 Å². The minimum Gasteiger partial charge on any atom is -0.493 e. The summed E-state index contributed by atoms with van der Waals surface area (Å²) in [5.74, 6) is -3.88. The molecule has 0 aliphatic carbocycles. The van der Waals surface area contributed by atoms with Crippen molar-refractivity contribution in [3.63, 3.8) is 0 Å². The maximum absolute atomic E-state index is 13.6. The van der Waals surface area contributed by atoms with Crippen LogP contribution in [0.2, 0.25) is 0 Å². The highest BCUT2D eigenvalue weighted by atomic mass is 19.2. The average molecular weight is 243 g/mol. The van der Waals surface area contributed by atoms with E-state index in [1.54, 1.807) is 0 Å². The summed E-state index contributed by atoms with van der Waals surface area (Å²) in [7, 11) is 1.15. The van der Waals surface area contributed by atoms with Gasteiger partial charge in [-0.05, 0) is 0 Å². The highest BCUT2D eigenvalue weighted by molar-refractivity contribution is 5.70. The lowest BCUT2D eigenvalue weighted by atomic mass is 10.1. The molecular weight excluding hydrogens is 235 g/mol. The molecule has 2 rings (SSSR count). The van der Waals surface area contributed by atoms with Crippen LogP contribution in [0.4, 0.5) is 19.0 Å². The predicted octanol–water partition coefficient (Wildman–Crippen LogP) is 2.08. The van der Waals surface area contributed by atoms with Crippen LogP contribution in [-0.2, 0) is 0 Å². The zero-order valence-corrected chi connectivity index (χ0v) is 8.72. The van der Waals surface area contributed by atoms with Crippen molar-refractivity contribution < 1.29 is 17.9 Å². The molecule has 3 N–H and O–H groups in total. The number of benzene rings is 1. The van der Waals surface area contributed by atoms with Gasteiger partial charge in [0, 0.05) is 12.1 Å². The Bertz CT molecular complexity index is 568. The molecule has 17 heavy (non-hydrogen) atoms. The molecule has 2 aromatic rings. The number of aromatic nitrogens is 2. The van der Waals surface area contributed by atoms with Crippen LogP contribution < -0.4 is 10.5 Å². The first-order valence-corrected chi connectivity index (χ1v) is 4.57. The van der Waals surface area contributed by atoms with Gasteiger partial charge < -0.3 is 10.5 Å². The largest absolute Gasteiger partial charge is 0.493 e. The summed E-state index contributed by atoms with van der Waals surface area (Å²) in [5, 5.41) is 5.92. The average Bonchev–Trinajstić information content (AvgIpc) is 2.69. The summed E-state index contributed by atoms with van der Waals surface area (Å²) < 4.78 is 44.8. The van der Waals surface area contributed by atoms with Gasteiger partial charge in [0.25, 0.3) is 0 Å². The van der Waals surface area contributed by atoms with E-state index in [-0.39, 0.29) is 17.1 Å². The third-order valence-electron chi connectivity index (χ3n) is 2.20. The van der Waals surface area contributed by atoms with Crippen molar-refractivity contribution in [1.29, 1.82) is 0 Å². The smallest absolute Gasteiger partial charge is 0.172 e. The van der Waals surface area contributed by atoms with Crippen LogP contribution in [0, 0.1) is 17.5 Å². The lowest BCUT2D eigenvalue weighted by Crippen LogP contribution is -1.99. The topological polar surface area (TPSA) is 63.9 Å². The monoisotopic (exact) mass is 243 g/mol. The summed E-state index contributed by atoms with van der Waals surface area (Å²) in [6, 6.07) is 1.66. The van der Waals surface area contributed by atoms with Crippen molar-refractivity contribution in [3.05, 3.63) is 29.6 Å². The molecular formula is C10H8F3N3O. The molecule has 0 aliphatic rings. The molecule has 0 saturated carbocycles. The molecule has 7 heteroatoms. The van der Waals surface area contributed by atoms with Crippen LogP contribution in [0.15, 0.2) is 12.1 Å². The van der Waals surface area contributed by atoms with Gasteiger partial charge in [-0.15, -0.1) is 0 Å². The molecule has 0 aliphatic heterocycles. The first-order valence-electron chi connectivity index (χ1n) is 4.57. The lowest BCUT2D eigenvalue weighted by molar-refractivity contribution is 0.378. The van der Waals surface area contributed by atoms with Crippen LogP contribution in [-0.4, -0.2) is 17.3 Å². The number of rotatable bonds is 2. The molecule has 4 nitrogen and oxygen atoms in total. The fourth-order valence-corrected chi connectivity index (χ4v) is 1.48. The van der Waals surface area contributed by atoms with E-state index in [0.29, 0.717) is 6.07 Å². The Morgan fingerprint density at radius 2 is 1.94 bits per heavy atom. The second kappa shape index (κ2) is 4.00. The number of ether oxygens (including phenoxy) is 1. The maximum atomic E-state index is 13.6. The molecule has 0 unspecified atom stereocenters. The van der Waals surface area contributed by atoms with Gasteiger partial charge in [0.2, 0.25) is 0 Å². The van der Waals surface area contributed by atoms with Crippen LogP contribution >= 0.6 is 0 Å². The number of anilines is 1. The van der Waals surface area contributed by atoms with Crippen LogP contribution in [0.1, 0.15) is 0 Å². The molecule has 0 radical (unpaired) electrons. The van der Waals surface area contributed by atoms with Gasteiger partial charge in [-0.3, -0.25) is 5.10 Å². The minimum absolute atomic E-state index is 0.0373. The number of halogens is 3. The Hall–Kier alpha value is -2.18. The molecule has 0 fully saturated rings. The quantitative estimate of drug-likeness (QED) is 0.794. The van der Waals surface area contributed by atoms with E-state index in [9.17, 15) is 13.2 Å². The summed E-state index contributed by atoms with van der Waals surface area (Å²) in [6.45, 7) is 0. The number of nitrogens with zero attached hydrogens (tertiary/aromatic N) is 1. The Morgan fingerprint density at radius 1 is 1.24 bits per heavy atom. The number of nitrogens with one attached hydrogen (secondary N) is 1. The standard InChI is InChI=1S/C10H8F3N3O/c1-17-10-5(12)2-4(11)9(13)8(10)6-3-7(14)16-15-6/h2-3H,1H3,(H3,14,15,16). The van der Waals surface area contributed by atoms with Crippen molar-refractivity contribution in [1.82, 2.24) is 10.2 Å². The molecule has 0 saturated heterocycles. The molecule has 90 valence electrons. The van der Waals surface area contributed by atoms with Gasteiger partial charge in [-0.2, -0.15) is 5.10 Å². The van der Waals surface area contributed by atoms with Crippen molar-refractivity contribution in [2.24, 2.45) is 0 Å². The lowest BCUT2D eigenvalue weighted by Gasteiger charge is -2.09. The van der Waals surface area contributed by atoms with Gasteiger partial charge in [-0.1, -0.05) is 0 Å². The SMILES string of the molecule is COc1c(F)cc(F)c(F)c1-c1cc(N)n[nH]1. The summed E-state index contributed by atoms with van der Waals surface area (Å²) >= 11 is 0. The number of hydrogen-bond donors (Lipinski definition) is 2. The highest BCUT2D eigenvalue weighted by Crippen LogP contribution is 2.35. The second-order valence-corrected chi connectivity index (χ2v) is 3.27. The van der Waals surface area contributed by atoms with E-state index in [2.05, 4.69) is 10.2 Å². The second-order valence-electron chi connectivity index (χ2n) is 3.27. The van der Waals surface area contributed by atoms with E-state index in [4.69, 9.17) is 10.5 Å². The van der Waals surface area contributed by atoms with Crippen LogP contribution in [0.25, 0.3) is 11.3 Å². The number of nitrogen functional groups attached to an aromatic ring is 1. The van der Waals surface area contributed by atoms with E-state index in [1.165, 1.54) is 6.07 Å². The number of H-pyrrole nitrogens is 1. The molecule has 0 atom stereocenters. The molecule has 1 heterocycles. The summed E-state index contributed by atoms with van der Waals surface area (Å²) in [4.78, 5) is 0. The van der Waals surface area contributed by atoms with Crippen molar-refractivity contribution >= 4 is 5.82 Å². The normalized spacial score (nSPS) is 10.6. The zero-order chi connectivity index (χ0) is 12.6. The minimum atomic E-state index is -1.31. The fraction of sp³-hybridized carbons (Fsp3) is 0.100. The van der Waals surface area contributed by atoms with Crippen molar-refractivity contribution in [2.45, 2.75) is 0 Å². The Balaban J connectivity index is 2.74. The number of hydrogen-bond acceptors (Lipinski definition) is 3.